The Bertz CT molecular complexity index is 1110. The number of carbonyl (C=O) groups excluding carboxylic acids is 3. The Morgan fingerprint density at radius 3 is 1.05 bits per heavy atom. The zero-order chi connectivity index (χ0) is 45.8. The van der Waals surface area contributed by atoms with E-state index in [1.54, 1.807) is 0 Å². The largest absolute Gasteiger partial charge is 0.462 e. The molecule has 1 atom stereocenters. The van der Waals surface area contributed by atoms with Crippen molar-refractivity contribution in [2.45, 2.75) is 284 Å². The van der Waals surface area contributed by atoms with Crippen LogP contribution in [0.25, 0.3) is 0 Å². The molecule has 0 aromatic rings. The summed E-state index contributed by atoms with van der Waals surface area (Å²) in [4.78, 5) is 38.0. The van der Waals surface area contributed by atoms with Crippen LogP contribution in [-0.2, 0) is 28.6 Å². The molecule has 6 heteroatoms. The molecule has 1 unspecified atom stereocenters. The zero-order valence-electron chi connectivity index (χ0n) is 41.8. The molecule has 63 heavy (non-hydrogen) atoms. The summed E-state index contributed by atoms with van der Waals surface area (Å²) < 4.78 is 16.8. The second kappa shape index (κ2) is 52.0. The first-order chi connectivity index (χ1) is 31.0. The van der Waals surface area contributed by atoms with Crippen molar-refractivity contribution in [1.82, 2.24) is 0 Å². The third-order valence-corrected chi connectivity index (χ3v) is 11.8. The third-order valence-electron chi connectivity index (χ3n) is 11.8. The Morgan fingerprint density at radius 1 is 0.349 bits per heavy atom. The highest BCUT2D eigenvalue weighted by Gasteiger charge is 2.19. The normalized spacial score (nSPS) is 12.4. The smallest absolute Gasteiger partial charge is 0.306 e. The topological polar surface area (TPSA) is 78.9 Å². The summed E-state index contributed by atoms with van der Waals surface area (Å²) in [6, 6.07) is 0. The molecule has 0 aromatic heterocycles. The second-order valence-electron chi connectivity index (χ2n) is 18.1. The van der Waals surface area contributed by atoms with Gasteiger partial charge in [0.25, 0.3) is 0 Å². The van der Waals surface area contributed by atoms with Crippen molar-refractivity contribution in [1.29, 1.82) is 0 Å². The molecule has 0 saturated carbocycles. The van der Waals surface area contributed by atoms with Gasteiger partial charge in [0.15, 0.2) is 6.10 Å². The summed E-state index contributed by atoms with van der Waals surface area (Å²) in [6.07, 6.45) is 62.4. The maximum Gasteiger partial charge on any atom is 0.306 e. The van der Waals surface area contributed by atoms with E-state index in [-0.39, 0.29) is 31.1 Å². The molecule has 0 amide bonds. The lowest BCUT2D eigenvalue weighted by Gasteiger charge is -2.18. The standard InChI is InChI=1S/C57H102O6/c1-4-7-10-13-16-19-22-25-27-28-29-30-33-35-38-41-44-47-50-56(59)62-53-54(52-61-55(58)49-46-43-40-37-34-31-24-21-18-15-12-9-6-3)63-57(60)51-48-45-42-39-36-32-26-23-20-17-14-11-8-5-2/h8,11,17,20,27-30,54H,4-7,9-10,12-16,18-19,21-26,31-53H2,1-3H3/b11-8-,20-17-,28-27-,30-29-. The SMILES string of the molecule is CC/C=C\C/C=C\CCCCCCCCCC(=O)OC(COC(=O)CCCCCCC/C=C\C=C/CCCCCCCCC)COC(=O)CCCCCCCCCCCCCCC. The molecule has 0 bridgehead atoms. The van der Waals surface area contributed by atoms with Gasteiger partial charge in [0.2, 0.25) is 0 Å². The molecular formula is C57H102O6. The monoisotopic (exact) mass is 883 g/mol. The van der Waals surface area contributed by atoms with E-state index >= 15 is 0 Å². The van der Waals surface area contributed by atoms with E-state index in [1.807, 2.05) is 0 Å². The van der Waals surface area contributed by atoms with Crippen LogP contribution in [-0.4, -0.2) is 37.2 Å². The molecule has 0 aromatic carbocycles. The molecule has 0 fully saturated rings. The van der Waals surface area contributed by atoms with Gasteiger partial charge in [-0.15, -0.1) is 0 Å². The Labute approximate surface area is 390 Å². The fourth-order valence-corrected chi connectivity index (χ4v) is 7.77. The summed E-state index contributed by atoms with van der Waals surface area (Å²) in [5, 5.41) is 0. The Kier molecular flexibility index (Phi) is 49.8. The van der Waals surface area contributed by atoms with Gasteiger partial charge >= 0.3 is 17.9 Å². The van der Waals surface area contributed by atoms with E-state index < -0.39 is 6.10 Å². The predicted octanol–water partition coefficient (Wildman–Crippen LogP) is 17.9. The van der Waals surface area contributed by atoms with E-state index in [9.17, 15) is 14.4 Å². The van der Waals surface area contributed by atoms with E-state index in [4.69, 9.17) is 14.2 Å². The molecular weight excluding hydrogens is 781 g/mol. The van der Waals surface area contributed by atoms with Crippen LogP contribution in [0.1, 0.15) is 278 Å². The minimum Gasteiger partial charge on any atom is -0.462 e. The van der Waals surface area contributed by atoms with Crippen LogP contribution in [0.2, 0.25) is 0 Å². The van der Waals surface area contributed by atoms with Crippen molar-refractivity contribution in [3.8, 4) is 0 Å². The third kappa shape index (κ3) is 50.2. The number of hydrogen-bond acceptors (Lipinski definition) is 6. The highest BCUT2D eigenvalue weighted by Crippen LogP contribution is 2.15. The van der Waals surface area contributed by atoms with Crippen LogP contribution in [0.3, 0.4) is 0 Å². The van der Waals surface area contributed by atoms with Gasteiger partial charge in [-0.2, -0.15) is 0 Å². The number of rotatable bonds is 49. The quantitative estimate of drug-likeness (QED) is 0.0199. The Hall–Kier alpha value is -2.63. The van der Waals surface area contributed by atoms with E-state index in [0.29, 0.717) is 19.3 Å². The van der Waals surface area contributed by atoms with Crippen molar-refractivity contribution in [2.75, 3.05) is 13.2 Å². The molecule has 0 saturated heterocycles. The Morgan fingerprint density at radius 2 is 0.667 bits per heavy atom. The molecule has 0 rings (SSSR count). The maximum absolute atomic E-state index is 12.8. The molecule has 0 heterocycles. The predicted molar refractivity (Wildman–Crippen MR) is 270 cm³/mol. The van der Waals surface area contributed by atoms with Crippen LogP contribution in [0.15, 0.2) is 48.6 Å². The van der Waals surface area contributed by atoms with Gasteiger partial charge in [-0.3, -0.25) is 14.4 Å². The van der Waals surface area contributed by atoms with Crippen molar-refractivity contribution >= 4 is 17.9 Å². The fourth-order valence-electron chi connectivity index (χ4n) is 7.77. The molecule has 6 nitrogen and oxygen atoms in total. The zero-order valence-corrected chi connectivity index (χ0v) is 41.8. The lowest BCUT2D eigenvalue weighted by atomic mass is 10.0. The summed E-state index contributed by atoms with van der Waals surface area (Å²) in [5.41, 5.74) is 0. The van der Waals surface area contributed by atoms with Gasteiger partial charge < -0.3 is 14.2 Å². The highest BCUT2D eigenvalue weighted by atomic mass is 16.6. The number of esters is 3. The first-order valence-corrected chi connectivity index (χ1v) is 27.2. The second-order valence-corrected chi connectivity index (χ2v) is 18.1. The number of ether oxygens (including phenoxy) is 3. The maximum atomic E-state index is 12.8. The summed E-state index contributed by atoms with van der Waals surface area (Å²) >= 11 is 0. The number of carbonyl (C=O) groups is 3. The van der Waals surface area contributed by atoms with Crippen molar-refractivity contribution in [3.63, 3.8) is 0 Å². The summed E-state index contributed by atoms with van der Waals surface area (Å²) in [7, 11) is 0. The van der Waals surface area contributed by atoms with Crippen molar-refractivity contribution in [2.24, 2.45) is 0 Å². The molecule has 0 radical (unpaired) electrons. The van der Waals surface area contributed by atoms with Gasteiger partial charge in [-0.25, -0.2) is 0 Å². The fraction of sp³-hybridized carbons (Fsp3) is 0.807. The number of hydrogen-bond donors (Lipinski definition) is 0. The van der Waals surface area contributed by atoms with E-state index in [2.05, 4.69) is 69.4 Å². The van der Waals surface area contributed by atoms with Gasteiger partial charge in [-0.1, -0.05) is 236 Å². The van der Waals surface area contributed by atoms with Crippen LogP contribution >= 0.6 is 0 Å². The molecule has 0 aliphatic heterocycles. The van der Waals surface area contributed by atoms with Gasteiger partial charge in [0, 0.05) is 19.3 Å². The van der Waals surface area contributed by atoms with Gasteiger partial charge in [0.05, 0.1) is 0 Å². The first-order valence-electron chi connectivity index (χ1n) is 27.2. The lowest BCUT2D eigenvalue weighted by molar-refractivity contribution is -0.167. The van der Waals surface area contributed by atoms with E-state index in [0.717, 1.165) is 96.3 Å². The number of allylic oxidation sites excluding steroid dienone is 8. The van der Waals surface area contributed by atoms with Gasteiger partial charge in [0.1, 0.15) is 13.2 Å². The average molecular weight is 883 g/mol. The van der Waals surface area contributed by atoms with Crippen LogP contribution in [0.4, 0.5) is 0 Å². The highest BCUT2D eigenvalue weighted by molar-refractivity contribution is 5.71. The minimum absolute atomic E-state index is 0.0790. The molecule has 0 spiro atoms. The van der Waals surface area contributed by atoms with Crippen LogP contribution in [0, 0.1) is 0 Å². The van der Waals surface area contributed by atoms with Crippen LogP contribution in [0.5, 0.6) is 0 Å². The molecule has 0 aliphatic rings. The molecule has 0 aliphatic carbocycles. The molecule has 366 valence electrons. The molecule has 0 N–H and O–H groups in total. The average Bonchev–Trinajstić information content (AvgIpc) is 3.28. The number of unbranched alkanes of at least 4 members (excludes halogenated alkanes) is 31. The lowest BCUT2D eigenvalue weighted by Crippen LogP contribution is -2.30. The van der Waals surface area contributed by atoms with Crippen LogP contribution < -0.4 is 0 Å². The van der Waals surface area contributed by atoms with Crippen molar-refractivity contribution in [3.05, 3.63) is 48.6 Å². The minimum atomic E-state index is -0.781. The van der Waals surface area contributed by atoms with Gasteiger partial charge in [-0.05, 0) is 70.6 Å². The summed E-state index contributed by atoms with van der Waals surface area (Å²) in [5.74, 6) is -0.893. The first kappa shape index (κ1) is 60.4. The van der Waals surface area contributed by atoms with Crippen molar-refractivity contribution < 1.29 is 28.6 Å². The summed E-state index contributed by atoms with van der Waals surface area (Å²) in [6.45, 7) is 6.53. The Balaban J connectivity index is 4.38. The van der Waals surface area contributed by atoms with E-state index in [1.165, 1.54) is 141 Å².